The zero-order chi connectivity index (χ0) is 15.0. The second-order valence-corrected chi connectivity index (χ2v) is 6.37. The average Bonchev–Trinajstić information content (AvgIpc) is 2.49. The Labute approximate surface area is 135 Å². The summed E-state index contributed by atoms with van der Waals surface area (Å²) in [4.78, 5) is 2.43. The third kappa shape index (κ3) is 2.89. The summed E-state index contributed by atoms with van der Waals surface area (Å²) in [6, 6.07) is 12.3. The van der Waals surface area contributed by atoms with E-state index >= 15 is 0 Å². The molecule has 0 radical (unpaired) electrons. The van der Waals surface area contributed by atoms with E-state index in [1.807, 2.05) is 30.3 Å². The first kappa shape index (κ1) is 14.7. The summed E-state index contributed by atoms with van der Waals surface area (Å²) in [6.45, 7) is 4.10. The van der Waals surface area contributed by atoms with Crippen LogP contribution in [-0.2, 0) is 13.0 Å². The smallest absolute Gasteiger partial charge is 0.0595 e. The molecule has 0 saturated heterocycles. The van der Waals surface area contributed by atoms with Crippen LogP contribution in [0.25, 0.3) is 0 Å². The van der Waals surface area contributed by atoms with Crippen LogP contribution < -0.4 is 5.73 Å². The molecule has 110 valence electrons. The molecule has 0 amide bonds. The molecular weight excluding hydrogens is 303 g/mol. The molecule has 4 heteroatoms. The van der Waals surface area contributed by atoms with Gasteiger partial charge in [0.25, 0.3) is 0 Å². The lowest BCUT2D eigenvalue weighted by molar-refractivity contribution is 0.192. The van der Waals surface area contributed by atoms with Crippen LogP contribution in [0.3, 0.4) is 0 Å². The van der Waals surface area contributed by atoms with E-state index < -0.39 is 0 Å². The van der Waals surface area contributed by atoms with Gasteiger partial charge in [-0.25, -0.2) is 0 Å². The highest BCUT2D eigenvalue weighted by Gasteiger charge is 2.23. The first-order valence-electron chi connectivity index (χ1n) is 7.11. The number of fused-ring (bicyclic) bond motifs is 1. The van der Waals surface area contributed by atoms with E-state index in [1.165, 1.54) is 16.7 Å². The summed E-state index contributed by atoms with van der Waals surface area (Å²) in [5.41, 5.74) is 10.8. The van der Waals surface area contributed by atoms with Crippen molar-refractivity contribution in [3.63, 3.8) is 0 Å². The summed E-state index contributed by atoms with van der Waals surface area (Å²) in [5.74, 6) is 0. The van der Waals surface area contributed by atoms with Crippen molar-refractivity contribution in [3.8, 4) is 0 Å². The third-order valence-electron chi connectivity index (χ3n) is 4.31. The maximum atomic E-state index is 6.13. The zero-order valence-electron chi connectivity index (χ0n) is 11.9. The standard InChI is InChI=1S/C17H18Cl2N2/c1-11(13-5-6-15(18)16(19)9-13)21-8-7-12-3-2-4-17(20)14(12)10-21/h2-6,9,11H,7-8,10,20H2,1H3. The normalized spacial score (nSPS) is 16.5. The van der Waals surface area contributed by atoms with Crippen LogP contribution in [-0.4, -0.2) is 11.4 Å². The van der Waals surface area contributed by atoms with Gasteiger partial charge in [-0.2, -0.15) is 0 Å². The summed E-state index contributed by atoms with van der Waals surface area (Å²) in [7, 11) is 0. The largest absolute Gasteiger partial charge is 0.398 e. The Bertz CT molecular complexity index is 670. The van der Waals surface area contributed by atoms with Crippen molar-refractivity contribution in [2.75, 3.05) is 12.3 Å². The number of hydrogen-bond donors (Lipinski definition) is 1. The van der Waals surface area contributed by atoms with E-state index in [-0.39, 0.29) is 6.04 Å². The second kappa shape index (κ2) is 5.88. The van der Waals surface area contributed by atoms with Crippen LogP contribution in [0.4, 0.5) is 5.69 Å². The van der Waals surface area contributed by atoms with Crippen LogP contribution in [0.15, 0.2) is 36.4 Å². The van der Waals surface area contributed by atoms with E-state index in [2.05, 4.69) is 17.9 Å². The average molecular weight is 321 g/mol. The highest BCUT2D eigenvalue weighted by Crippen LogP contribution is 2.32. The van der Waals surface area contributed by atoms with Crippen molar-refractivity contribution in [3.05, 3.63) is 63.1 Å². The summed E-state index contributed by atoms with van der Waals surface area (Å²) < 4.78 is 0. The van der Waals surface area contributed by atoms with Crippen molar-refractivity contribution in [2.24, 2.45) is 0 Å². The molecule has 3 rings (SSSR count). The van der Waals surface area contributed by atoms with Gasteiger partial charge in [-0.05, 0) is 48.2 Å². The predicted molar refractivity (Wildman–Crippen MR) is 89.8 cm³/mol. The van der Waals surface area contributed by atoms with Crippen molar-refractivity contribution >= 4 is 28.9 Å². The number of hydrogen-bond acceptors (Lipinski definition) is 2. The molecule has 2 nitrogen and oxygen atoms in total. The quantitative estimate of drug-likeness (QED) is 0.813. The first-order chi connectivity index (χ1) is 10.1. The van der Waals surface area contributed by atoms with Gasteiger partial charge in [0, 0.05) is 24.8 Å². The van der Waals surface area contributed by atoms with Crippen LogP contribution >= 0.6 is 23.2 Å². The van der Waals surface area contributed by atoms with E-state index in [0.29, 0.717) is 10.0 Å². The molecular formula is C17H18Cl2N2. The van der Waals surface area contributed by atoms with E-state index in [0.717, 1.165) is 25.2 Å². The summed E-state index contributed by atoms with van der Waals surface area (Å²) >= 11 is 12.1. The van der Waals surface area contributed by atoms with Gasteiger partial charge in [0.15, 0.2) is 0 Å². The minimum atomic E-state index is 0.285. The lowest BCUT2D eigenvalue weighted by Gasteiger charge is -2.34. The molecule has 1 heterocycles. The van der Waals surface area contributed by atoms with Crippen molar-refractivity contribution < 1.29 is 0 Å². The van der Waals surface area contributed by atoms with E-state index in [1.54, 1.807) is 0 Å². The van der Waals surface area contributed by atoms with E-state index in [9.17, 15) is 0 Å². The van der Waals surface area contributed by atoms with E-state index in [4.69, 9.17) is 28.9 Å². The topological polar surface area (TPSA) is 29.3 Å². The fourth-order valence-corrected chi connectivity index (χ4v) is 3.25. The molecule has 0 aliphatic carbocycles. The van der Waals surface area contributed by atoms with Gasteiger partial charge in [0.2, 0.25) is 0 Å². The summed E-state index contributed by atoms with van der Waals surface area (Å²) in [6.07, 6.45) is 1.03. The first-order valence-corrected chi connectivity index (χ1v) is 7.87. The minimum absolute atomic E-state index is 0.285. The third-order valence-corrected chi connectivity index (χ3v) is 5.05. The lowest BCUT2D eigenvalue weighted by Crippen LogP contribution is -2.33. The Morgan fingerprint density at radius 1 is 1.14 bits per heavy atom. The number of nitrogens with two attached hydrogens (primary N) is 1. The highest BCUT2D eigenvalue weighted by atomic mass is 35.5. The molecule has 0 fully saturated rings. The molecule has 2 aromatic rings. The predicted octanol–water partition coefficient (Wildman–Crippen LogP) is 4.69. The fraction of sp³-hybridized carbons (Fsp3) is 0.294. The molecule has 0 spiro atoms. The molecule has 21 heavy (non-hydrogen) atoms. The van der Waals surface area contributed by atoms with Crippen LogP contribution in [0.1, 0.15) is 29.7 Å². The molecule has 2 N–H and O–H groups in total. The number of rotatable bonds is 2. The van der Waals surface area contributed by atoms with Crippen LogP contribution in [0, 0.1) is 0 Å². The Hall–Kier alpha value is -1.22. The maximum Gasteiger partial charge on any atom is 0.0595 e. The van der Waals surface area contributed by atoms with Crippen LogP contribution in [0.2, 0.25) is 10.0 Å². The molecule has 2 aromatic carbocycles. The molecule has 1 aliphatic heterocycles. The van der Waals surface area contributed by atoms with Crippen LogP contribution in [0.5, 0.6) is 0 Å². The van der Waals surface area contributed by atoms with Crippen molar-refractivity contribution in [1.82, 2.24) is 4.90 Å². The SMILES string of the molecule is CC(c1ccc(Cl)c(Cl)c1)N1CCc2cccc(N)c2C1. The van der Waals surface area contributed by atoms with Gasteiger partial charge in [-0.3, -0.25) is 4.90 Å². The molecule has 1 atom stereocenters. The Kier molecular flexibility index (Phi) is 4.12. The van der Waals surface area contributed by atoms with Gasteiger partial charge < -0.3 is 5.73 Å². The number of nitrogen functional groups attached to an aromatic ring is 1. The second-order valence-electron chi connectivity index (χ2n) is 5.55. The number of anilines is 1. The number of halogens is 2. The number of nitrogens with zero attached hydrogens (tertiary/aromatic N) is 1. The number of benzene rings is 2. The molecule has 0 aromatic heterocycles. The molecule has 1 unspecified atom stereocenters. The Morgan fingerprint density at radius 2 is 1.95 bits per heavy atom. The monoisotopic (exact) mass is 320 g/mol. The van der Waals surface area contributed by atoms with Crippen molar-refractivity contribution in [2.45, 2.75) is 25.9 Å². The van der Waals surface area contributed by atoms with Crippen molar-refractivity contribution in [1.29, 1.82) is 0 Å². The maximum absolute atomic E-state index is 6.13. The molecule has 1 aliphatic rings. The lowest BCUT2D eigenvalue weighted by atomic mass is 9.96. The van der Waals surface area contributed by atoms with Gasteiger partial charge in [0.1, 0.15) is 0 Å². The van der Waals surface area contributed by atoms with Gasteiger partial charge in [-0.15, -0.1) is 0 Å². The Balaban J connectivity index is 1.85. The highest BCUT2D eigenvalue weighted by molar-refractivity contribution is 6.42. The minimum Gasteiger partial charge on any atom is -0.398 e. The Morgan fingerprint density at radius 3 is 2.71 bits per heavy atom. The zero-order valence-corrected chi connectivity index (χ0v) is 13.5. The summed E-state index contributed by atoms with van der Waals surface area (Å²) in [5, 5.41) is 1.21. The molecule has 0 saturated carbocycles. The van der Waals surface area contributed by atoms with Gasteiger partial charge in [-0.1, -0.05) is 41.4 Å². The van der Waals surface area contributed by atoms with Gasteiger partial charge >= 0.3 is 0 Å². The molecule has 0 bridgehead atoms. The van der Waals surface area contributed by atoms with Gasteiger partial charge in [0.05, 0.1) is 10.0 Å². The fourth-order valence-electron chi connectivity index (χ4n) is 2.94.